The first-order chi connectivity index (χ1) is 15.1. The second-order valence-electron chi connectivity index (χ2n) is 6.65. The van der Waals surface area contributed by atoms with Crippen LogP contribution in [-0.4, -0.2) is 48.8 Å². The molecule has 1 saturated heterocycles. The van der Waals surface area contributed by atoms with Gasteiger partial charge in [0.25, 0.3) is 5.91 Å². The number of carbonyl (C=O) groups excluding carboxylic acids is 3. The average molecular weight is 437 g/mol. The number of amides is 4. The Morgan fingerprint density at radius 2 is 1.68 bits per heavy atom. The Morgan fingerprint density at radius 3 is 2.26 bits per heavy atom. The van der Waals surface area contributed by atoms with E-state index >= 15 is 0 Å². The molecule has 0 unspecified atom stereocenters. The van der Waals surface area contributed by atoms with Crippen LogP contribution in [0.4, 0.5) is 4.79 Å². The largest absolute Gasteiger partial charge is 0.344 e. The number of hydrogen-bond donors (Lipinski definition) is 2. The number of hydrazine groups is 1. The highest BCUT2D eigenvalue weighted by molar-refractivity contribution is 7.99. The van der Waals surface area contributed by atoms with Crippen LogP contribution >= 0.6 is 11.8 Å². The van der Waals surface area contributed by atoms with Gasteiger partial charge >= 0.3 is 6.03 Å². The Labute approximate surface area is 182 Å². The molecule has 4 amide bonds. The molecule has 0 saturated carbocycles. The third-order valence-corrected chi connectivity index (χ3v) is 5.76. The number of nitrogens with one attached hydrogen (secondary N) is 2. The molecule has 1 aliphatic rings. The van der Waals surface area contributed by atoms with Gasteiger partial charge in [-0.05, 0) is 28.5 Å². The maximum atomic E-state index is 13.5. The van der Waals surface area contributed by atoms with Gasteiger partial charge in [0, 0.05) is 6.54 Å². The van der Waals surface area contributed by atoms with Crippen molar-refractivity contribution in [2.75, 3.05) is 5.75 Å². The van der Waals surface area contributed by atoms with E-state index in [0.29, 0.717) is 22.8 Å². The van der Waals surface area contributed by atoms with Crippen molar-refractivity contribution in [3.05, 3.63) is 71.8 Å². The fraction of sp³-hybridized carbons (Fsp3) is 0.200. The molecular formula is C20H19N7O3S. The molecule has 10 nitrogen and oxygen atoms in total. The molecule has 0 radical (unpaired) electrons. The number of urea groups is 1. The van der Waals surface area contributed by atoms with Gasteiger partial charge in [0.05, 0.1) is 5.75 Å². The monoisotopic (exact) mass is 437 g/mol. The number of nitrogens with zero attached hydrogens (tertiary/aromatic N) is 5. The van der Waals surface area contributed by atoms with Crippen molar-refractivity contribution in [2.24, 2.45) is 0 Å². The zero-order valence-electron chi connectivity index (χ0n) is 16.6. The standard InChI is InChI=1S/C20H19N7O3S/c1-2-26-19(22-24-25-26)31-13-16(28)23-27-17(29)20(21-18(27)30,14-9-5-3-6-10-14)15-11-7-4-8-12-15/h3-12H,2,13H2,1H3,(H,21,30)(H,23,28). The number of rotatable bonds is 7. The van der Waals surface area contributed by atoms with Crippen LogP contribution in [0.25, 0.3) is 0 Å². The maximum absolute atomic E-state index is 13.5. The molecule has 0 aliphatic carbocycles. The molecule has 4 rings (SSSR count). The number of aryl methyl sites for hydroxylation is 1. The normalized spacial score (nSPS) is 15.1. The van der Waals surface area contributed by atoms with Gasteiger partial charge in [0.1, 0.15) is 0 Å². The lowest BCUT2D eigenvalue weighted by atomic mass is 9.83. The van der Waals surface area contributed by atoms with E-state index in [1.165, 1.54) is 0 Å². The summed E-state index contributed by atoms with van der Waals surface area (Å²) in [5, 5.41) is 15.2. The van der Waals surface area contributed by atoms with Crippen LogP contribution in [0.1, 0.15) is 18.1 Å². The summed E-state index contributed by atoms with van der Waals surface area (Å²) in [5.41, 5.74) is 2.15. The Balaban J connectivity index is 1.57. The summed E-state index contributed by atoms with van der Waals surface area (Å²) in [5.74, 6) is -1.19. The fourth-order valence-corrected chi connectivity index (χ4v) is 4.08. The van der Waals surface area contributed by atoms with Gasteiger partial charge in [-0.25, -0.2) is 9.48 Å². The summed E-state index contributed by atoms with van der Waals surface area (Å²) in [4.78, 5) is 38.7. The molecule has 2 heterocycles. The van der Waals surface area contributed by atoms with Crippen LogP contribution in [0.5, 0.6) is 0 Å². The van der Waals surface area contributed by atoms with E-state index in [4.69, 9.17) is 0 Å². The van der Waals surface area contributed by atoms with Crippen LogP contribution in [0, 0.1) is 0 Å². The zero-order valence-corrected chi connectivity index (χ0v) is 17.4. The molecule has 1 aromatic heterocycles. The van der Waals surface area contributed by atoms with Gasteiger partial charge in [-0.3, -0.25) is 15.0 Å². The van der Waals surface area contributed by atoms with E-state index in [9.17, 15) is 14.4 Å². The summed E-state index contributed by atoms with van der Waals surface area (Å²) < 4.78 is 1.54. The number of imide groups is 1. The van der Waals surface area contributed by atoms with Gasteiger partial charge in [0.2, 0.25) is 11.1 Å². The first-order valence-corrected chi connectivity index (χ1v) is 10.5. The van der Waals surface area contributed by atoms with Crippen molar-refractivity contribution in [2.45, 2.75) is 24.2 Å². The van der Waals surface area contributed by atoms with Crippen LogP contribution in [0.2, 0.25) is 0 Å². The Hall–Kier alpha value is -3.73. The van der Waals surface area contributed by atoms with Crippen molar-refractivity contribution in [3.63, 3.8) is 0 Å². The van der Waals surface area contributed by atoms with Crippen LogP contribution in [-0.2, 0) is 21.7 Å². The molecular weight excluding hydrogens is 418 g/mol. The van der Waals surface area contributed by atoms with E-state index in [1.54, 1.807) is 53.2 Å². The van der Waals surface area contributed by atoms with Crippen molar-refractivity contribution in [1.29, 1.82) is 0 Å². The number of hydrogen-bond acceptors (Lipinski definition) is 7. The molecule has 1 aliphatic heterocycles. The van der Waals surface area contributed by atoms with Crippen molar-refractivity contribution in [3.8, 4) is 0 Å². The Morgan fingerprint density at radius 1 is 1.06 bits per heavy atom. The first-order valence-electron chi connectivity index (χ1n) is 9.52. The quantitative estimate of drug-likeness (QED) is 0.422. The molecule has 2 N–H and O–H groups in total. The number of tetrazole rings is 1. The lowest BCUT2D eigenvalue weighted by molar-refractivity contribution is -0.137. The third kappa shape index (κ3) is 3.75. The van der Waals surface area contributed by atoms with Crippen LogP contribution < -0.4 is 10.7 Å². The average Bonchev–Trinajstić information content (AvgIpc) is 3.37. The van der Waals surface area contributed by atoms with Crippen molar-refractivity contribution in [1.82, 2.24) is 36.0 Å². The smallest absolute Gasteiger partial charge is 0.314 e. The molecule has 1 fully saturated rings. The SMILES string of the molecule is CCn1nnnc1SCC(=O)NN1C(=O)NC(c2ccccc2)(c2ccccc2)C1=O. The molecule has 31 heavy (non-hydrogen) atoms. The molecule has 11 heteroatoms. The first kappa shape index (κ1) is 20.5. The molecule has 0 spiro atoms. The molecule has 0 atom stereocenters. The van der Waals surface area contributed by atoms with Crippen molar-refractivity contribution < 1.29 is 14.4 Å². The lowest BCUT2D eigenvalue weighted by Gasteiger charge is -2.27. The maximum Gasteiger partial charge on any atom is 0.344 e. The van der Waals surface area contributed by atoms with Crippen molar-refractivity contribution >= 4 is 29.6 Å². The summed E-state index contributed by atoms with van der Waals surface area (Å²) in [7, 11) is 0. The summed E-state index contributed by atoms with van der Waals surface area (Å²) in [6.45, 7) is 2.43. The molecule has 3 aromatic rings. The minimum Gasteiger partial charge on any atom is -0.314 e. The topological polar surface area (TPSA) is 122 Å². The van der Waals surface area contributed by atoms with E-state index < -0.39 is 23.4 Å². The summed E-state index contributed by atoms with van der Waals surface area (Å²) in [6.07, 6.45) is 0. The third-order valence-electron chi connectivity index (χ3n) is 4.80. The predicted molar refractivity (Wildman–Crippen MR) is 111 cm³/mol. The van der Waals surface area contributed by atoms with Crippen LogP contribution in [0.3, 0.4) is 0 Å². The molecule has 2 aromatic carbocycles. The van der Waals surface area contributed by atoms with Gasteiger partial charge in [-0.15, -0.1) is 5.10 Å². The van der Waals surface area contributed by atoms with E-state index in [2.05, 4.69) is 26.3 Å². The zero-order chi connectivity index (χ0) is 21.8. The Bertz CT molecular complexity index is 1060. The fourth-order valence-electron chi connectivity index (χ4n) is 3.35. The lowest BCUT2D eigenvalue weighted by Crippen LogP contribution is -2.49. The molecule has 158 valence electrons. The van der Waals surface area contributed by atoms with Gasteiger partial charge < -0.3 is 5.32 Å². The second-order valence-corrected chi connectivity index (χ2v) is 7.60. The summed E-state index contributed by atoms with van der Waals surface area (Å²) >= 11 is 1.11. The second kappa shape index (κ2) is 8.56. The number of benzene rings is 2. The minimum atomic E-state index is -1.44. The van der Waals surface area contributed by atoms with E-state index in [1.807, 2.05) is 19.1 Å². The molecule has 0 bridgehead atoms. The number of thioether (sulfide) groups is 1. The van der Waals surface area contributed by atoms with E-state index in [-0.39, 0.29) is 5.75 Å². The number of carbonyl (C=O) groups is 3. The van der Waals surface area contributed by atoms with Crippen LogP contribution in [0.15, 0.2) is 65.8 Å². The van der Waals surface area contributed by atoms with Gasteiger partial charge in [-0.1, -0.05) is 72.4 Å². The highest BCUT2D eigenvalue weighted by atomic mass is 32.2. The van der Waals surface area contributed by atoms with Gasteiger partial charge in [-0.2, -0.15) is 5.01 Å². The van der Waals surface area contributed by atoms with Gasteiger partial charge in [0.15, 0.2) is 5.54 Å². The highest BCUT2D eigenvalue weighted by Crippen LogP contribution is 2.35. The summed E-state index contributed by atoms with van der Waals surface area (Å²) in [6, 6.07) is 17.1. The number of aromatic nitrogens is 4. The highest BCUT2D eigenvalue weighted by Gasteiger charge is 2.54. The predicted octanol–water partition coefficient (Wildman–Crippen LogP) is 1.31. The minimum absolute atomic E-state index is 0.0683. The van der Waals surface area contributed by atoms with E-state index in [0.717, 1.165) is 16.8 Å². The Kier molecular flexibility index (Phi) is 5.67.